The second-order valence-electron chi connectivity index (χ2n) is 3.66. The fourth-order valence-corrected chi connectivity index (χ4v) is 2.48. The topological polar surface area (TPSA) is 112 Å². The van der Waals surface area contributed by atoms with Crippen LogP contribution in [0.4, 0.5) is 5.69 Å². The summed E-state index contributed by atoms with van der Waals surface area (Å²) in [5, 5.41) is 17.6. The van der Waals surface area contributed by atoms with Gasteiger partial charge < -0.3 is 10.2 Å². The Morgan fingerprint density at radius 3 is 2.37 bits per heavy atom. The molecule has 1 aromatic carbocycles. The van der Waals surface area contributed by atoms with E-state index < -0.39 is 28.5 Å². The van der Waals surface area contributed by atoms with Gasteiger partial charge in [0.15, 0.2) is 0 Å². The van der Waals surface area contributed by atoms with Gasteiger partial charge in [-0.15, -0.1) is 0 Å². The molecule has 0 saturated carbocycles. The first kappa shape index (κ1) is 15.0. The van der Waals surface area contributed by atoms with Crippen LogP contribution >= 0.6 is 0 Å². The number of carboxylic acid groups (broad SMARTS) is 2. The fraction of sp³-hybridized carbons (Fsp3) is 0.273. The van der Waals surface area contributed by atoms with Crippen LogP contribution in [0.3, 0.4) is 0 Å². The first-order valence-electron chi connectivity index (χ1n) is 5.33. The molecule has 8 heteroatoms. The van der Waals surface area contributed by atoms with Crippen LogP contribution in [0, 0.1) is 0 Å². The molecule has 0 atom stereocenters. The summed E-state index contributed by atoms with van der Waals surface area (Å²) in [6.45, 7) is 0.629. The molecule has 0 unspecified atom stereocenters. The first-order chi connectivity index (χ1) is 8.77. The second kappa shape index (κ2) is 5.70. The number of sulfonamides is 1. The van der Waals surface area contributed by atoms with E-state index in [9.17, 15) is 18.0 Å². The molecule has 1 aromatic rings. The summed E-state index contributed by atoms with van der Waals surface area (Å²) in [6.07, 6.45) is 0. The predicted molar refractivity (Wildman–Crippen MR) is 67.8 cm³/mol. The Hall–Kier alpha value is -2.09. The average molecular weight is 287 g/mol. The number of benzene rings is 1. The molecule has 0 fully saturated rings. The number of aliphatic carboxylic acids is 1. The number of hydrogen-bond donors (Lipinski definition) is 2. The van der Waals surface area contributed by atoms with E-state index in [2.05, 4.69) is 0 Å². The minimum absolute atomic E-state index is 0.0177. The van der Waals surface area contributed by atoms with Gasteiger partial charge in [-0.2, -0.15) is 0 Å². The van der Waals surface area contributed by atoms with Gasteiger partial charge in [0.1, 0.15) is 6.54 Å². The van der Waals surface area contributed by atoms with E-state index in [4.69, 9.17) is 10.2 Å². The Balaban J connectivity index is 3.29. The third kappa shape index (κ3) is 3.68. The maximum absolute atomic E-state index is 11.8. The maximum Gasteiger partial charge on any atom is 0.335 e. The molecule has 0 radical (unpaired) electrons. The largest absolute Gasteiger partial charge is 0.480 e. The molecule has 1 rings (SSSR count). The van der Waals surface area contributed by atoms with Crippen LogP contribution in [0.25, 0.3) is 0 Å². The van der Waals surface area contributed by atoms with Crippen LogP contribution in [0.15, 0.2) is 24.3 Å². The molecular formula is C11H13NO6S. The second-order valence-corrected chi connectivity index (χ2v) is 5.84. The molecular weight excluding hydrogens is 274 g/mol. The minimum atomic E-state index is -3.79. The van der Waals surface area contributed by atoms with E-state index >= 15 is 0 Å². The highest BCUT2D eigenvalue weighted by atomic mass is 32.2. The molecule has 0 bridgehead atoms. The Morgan fingerprint density at radius 1 is 1.26 bits per heavy atom. The van der Waals surface area contributed by atoms with Gasteiger partial charge in [0.2, 0.25) is 10.0 Å². The molecule has 19 heavy (non-hydrogen) atoms. The zero-order chi connectivity index (χ0) is 14.6. The Kier molecular flexibility index (Phi) is 4.49. The highest BCUT2D eigenvalue weighted by Crippen LogP contribution is 2.20. The zero-order valence-electron chi connectivity index (χ0n) is 10.1. The van der Waals surface area contributed by atoms with Crippen molar-refractivity contribution in [3.05, 3.63) is 29.8 Å². The summed E-state index contributed by atoms with van der Waals surface area (Å²) in [6, 6.07) is 5.13. The Bertz CT molecular complexity index is 595. The van der Waals surface area contributed by atoms with Gasteiger partial charge in [-0.25, -0.2) is 13.2 Å². The van der Waals surface area contributed by atoms with Crippen LogP contribution in [-0.2, 0) is 14.8 Å². The lowest BCUT2D eigenvalue weighted by Gasteiger charge is -2.22. The van der Waals surface area contributed by atoms with Gasteiger partial charge in [0.25, 0.3) is 0 Å². The van der Waals surface area contributed by atoms with Crippen molar-refractivity contribution in [3.8, 4) is 0 Å². The SMILES string of the molecule is CCS(=O)(=O)N(CC(=O)O)c1cccc(C(=O)O)c1. The molecule has 0 aliphatic carbocycles. The van der Waals surface area contributed by atoms with Crippen LogP contribution in [-0.4, -0.2) is 42.9 Å². The fourth-order valence-electron chi connectivity index (χ4n) is 1.42. The third-order valence-electron chi connectivity index (χ3n) is 2.36. The summed E-state index contributed by atoms with van der Waals surface area (Å²) < 4.78 is 24.3. The number of nitrogens with zero attached hydrogens (tertiary/aromatic N) is 1. The van der Waals surface area contributed by atoms with Crippen molar-refractivity contribution in [3.63, 3.8) is 0 Å². The molecule has 0 spiro atoms. The van der Waals surface area contributed by atoms with Crippen molar-refractivity contribution in [1.82, 2.24) is 0 Å². The molecule has 0 amide bonds. The Labute approximate surface area is 110 Å². The highest BCUT2D eigenvalue weighted by molar-refractivity contribution is 7.92. The predicted octanol–water partition coefficient (Wildman–Crippen LogP) is 0.625. The van der Waals surface area contributed by atoms with Gasteiger partial charge in [-0.1, -0.05) is 6.07 Å². The van der Waals surface area contributed by atoms with E-state index in [1.165, 1.54) is 25.1 Å². The van der Waals surface area contributed by atoms with Crippen LogP contribution < -0.4 is 4.31 Å². The number of carbonyl (C=O) groups is 2. The van der Waals surface area contributed by atoms with E-state index in [0.29, 0.717) is 4.31 Å². The normalized spacial score (nSPS) is 11.0. The standard InChI is InChI=1S/C11H13NO6S/c1-2-19(17,18)12(7-10(13)14)9-5-3-4-8(6-9)11(15)16/h3-6H,2,7H2,1H3,(H,13,14)(H,15,16). The van der Waals surface area contributed by atoms with E-state index in [1.54, 1.807) is 0 Å². The smallest absolute Gasteiger partial charge is 0.335 e. The maximum atomic E-state index is 11.8. The van der Waals surface area contributed by atoms with Gasteiger partial charge in [-0.05, 0) is 25.1 Å². The van der Waals surface area contributed by atoms with Gasteiger partial charge in [-0.3, -0.25) is 9.10 Å². The van der Waals surface area contributed by atoms with Crippen molar-refractivity contribution in [2.24, 2.45) is 0 Å². The van der Waals surface area contributed by atoms with Crippen molar-refractivity contribution < 1.29 is 28.2 Å². The monoisotopic (exact) mass is 287 g/mol. The van der Waals surface area contributed by atoms with Crippen molar-refractivity contribution in [1.29, 1.82) is 0 Å². The summed E-state index contributed by atoms with van der Waals surface area (Å²) in [4.78, 5) is 21.6. The van der Waals surface area contributed by atoms with E-state index in [1.807, 2.05) is 0 Å². The average Bonchev–Trinajstić information content (AvgIpc) is 2.35. The molecule has 0 aliphatic heterocycles. The lowest BCUT2D eigenvalue weighted by atomic mass is 10.2. The number of hydrogen-bond acceptors (Lipinski definition) is 4. The molecule has 104 valence electrons. The molecule has 0 heterocycles. The molecule has 0 aliphatic rings. The lowest BCUT2D eigenvalue weighted by Crippen LogP contribution is -2.36. The summed E-state index contributed by atoms with van der Waals surface area (Å²) >= 11 is 0. The van der Waals surface area contributed by atoms with Crippen LogP contribution in [0.1, 0.15) is 17.3 Å². The minimum Gasteiger partial charge on any atom is -0.480 e. The van der Waals surface area contributed by atoms with Crippen molar-refractivity contribution in [2.45, 2.75) is 6.92 Å². The van der Waals surface area contributed by atoms with Gasteiger partial charge in [0.05, 0.1) is 17.0 Å². The number of aromatic carboxylic acids is 1. The van der Waals surface area contributed by atoms with Gasteiger partial charge >= 0.3 is 11.9 Å². The van der Waals surface area contributed by atoms with Crippen LogP contribution in [0.5, 0.6) is 0 Å². The first-order valence-corrected chi connectivity index (χ1v) is 6.94. The third-order valence-corrected chi connectivity index (χ3v) is 4.10. The van der Waals surface area contributed by atoms with Crippen molar-refractivity contribution in [2.75, 3.05) is 16.6 Å². The lowest BCUT2D eigenvalue weighted by molar-refractivity contribution is -0.135. The Morgan fingerprint density at radius 2 is 1.89 bits per heavy atom. The summed E-state index contributed by atoms with van der Waals surface area (Å²) in [7, 11) is -3.79. The van der Waals surface area contributed by atoms with E-state index in [0.717, 1.165) is 6.07 Å². The number of carboxylic acids is 2. The van der Waals surface area contributed by atoms with Crippen LogP contribution in [0.2, 0.25) is 0 Å². The highest BCUT2D eigenvalue weighted by Gasteiger charge is 2.23. The zero-order valence-corrected chi connectivity index (χ0v) is 10.9. The van der Waals surface area contributed by atoms with Crippen molar-refractivity contribution >= 4 is 27.6 Å². The number of anilines is 1. The van der Waals surface area contributed by atoms with E-state index in [-0.39, 0.29) is 17.0 Å². The number of rotatable bonds is 6. The summed E-state index contributed by atoms with van der Waals surface area (Å²) in [5.74, 6) is -2.82. The molecule has 0 saturated heterocycles. The quantitative estimate of drug-likeness (QED) is 0.793. The molecule has 7 nitrogen and oxygen atoms in total. The molecule has 2 N–H and O–H groups in total. The molecule has 0 aromatic heterocycles. The van der Waals surface area contributed by atoms with Gasteiger partial charge in [0, 0.05) is 0 Å². The summed E-state index contributed by atoms with van der Waals surface area (Å²) in [5.41, 5.74) is -0.0941.